The zero-order chi connectivity index (χ0) is 19.5. The van der Waals surface area contributed by atoms with Gasteiger partial charge in [0.15, 0.2) is 0 Å². The Bertz CT molecular complexity index is 848. The molecule has 1 saturated heterocycles. The molecule has 0 N–H and O–H groups in total. The van der Waals surface area contributed by atoms with Gasteiger partial charge < -0.3 is 9.64 Å². The van der Waals surface area contributed by atoms with Crippen LogP contribution in [-0.4, -0.2) is 35.5 Å². The molecule has 4 rings (SSSR count). The van der Waals surface area contributed by atoms with Crippen LogP contribution in [0.4, 0.5) is 0 Å². The van der Waals surface area contributed by atoms with Crippen molar-refractivity contribution in [1.29, 1.82) is 0 Å². The molecule has 1 atom stereocenters. The van der Waals surface area contributed by atoms with Gasteiger partial charge in [0.05, 0.1) is 13.3 Å². The van der Waals surface area contributed by atoms with E-state index in [0.29, 0.717) is 17.0 Å². The zero-order valence-corrected chi connectivity index (χ0v) is 17.1. The molecule has 2 heterocycles. The third-order valence-electron chi connectivity index (χ3n) is 6.17. The molecule has 4 nitrogen and oxygen atoms in total. The molecular formula is C23H27ClN2O2. The van der Waals surface area contributed by atoms with E-state index in [9.17, 15) is 4.79 Å². The molecule has 1 aromatic carbocycles. The summed E-state index contributed by atoms with van der Waals surface area (Å²) < 4.78 is 5.25. The van der Waals surface area contributed by atoms with Gasteiger partial charge in [0.2, 0.25) is 5.91 Å². The second-order valence-corrected chi connectivity index (χ2v) is 8.34. The summed E-state index contributed by atoms with van der Waals surface area (Å²) in [6, 6.07) is 8.47. The molecule has 148 valence electrons. The third kappa shape index (κ3) is 4.02. The molecule has 1 aliphatic heterocycles. The van der Waals surface area contributed by atoms with Crippen molar-refractivity contribution >= 4 is 17.5 Å². The predicted molar refractivity (Wildman–Crippen MR) is 112 cm³/mol. The Balaban J connectivity index is 1.46. The Morgan fingerprint density at radius 3 is 2.68 bits per heavy atom. The monoisotopic (exact) mass is 398 g/mol. The number of carbonyl (C=O) groups excluding carboxylic acids is 1. The number of hydrogen-bond donors (Lipinski definition) is 0. The van der Waals surface area contributed by atoms with Crippen LogP contribution >= 0.6 is 11.6 Å². The predicted octanol–water partition coefficient (Wildman–Crippen LogP) is 5.13. The molecule has 2 aliphatic rings. The van der Waals surface area contributed by atoms with Gasteiger partial charge in [-0.25, -0.2) is 0 Å². The summed E-state index contributed by atoms with van der Waals surface area (Å²) in [6.45, 7) is 0.902. The topological polar surface area (TPSA) is 42.4 Å². The van der Waals surface area contributed by atoms with E-state index >= 15 is 0 Å². The first kappa shape index (κ1) is 19.3. The van der Waals surface area contributed by atoms with E-state index in [4.69, 9.17) is 16.3 Å². The molecular weight excluding hydrogens is 372 g/mol. The van der Waals surface area contributed by atoms with Crippen molar-refractivity contribution in [2.45, 2.75) is 51.0 Å². The number of benzene rings is 1. The van der Waals surface area contributed by atoms with Gasteiger partial charge >= 0.3 is 0 Å². The fourth-order valence-corrected chi connectivity index (χ4v) is 4.81. The Morgan fingerprint density at radius 1 is 1.11 bits per heavy atom. The maximum Gasteiger partial charge on any atom is 0.226 e. The second kappa shape index (κ2) is 8.52. The van der Waals surface area contributed by atoms with Gasteiger partial charge in [0.1, 0.15) is 5.75 Å². The summed E-state index contributed by atoms with van der Waals surface area (Å²) in [6.07, 6.45) is 11.3. The molecule has 1 amide bonds. The number of methoxy groups -OCH3 is 1. The number of likely N-dealkylation sites (tertiary alicyclic amines) is 1. The Labute approximate surface area is 171 Å². The van der Waals surface area contributed by atoms with E-state index in [-0.39, 0.29) is 5.92 Å². The van der Waals surface area contributed by atoms with Crippen molar-refractivity contribution in [3.63, 3.8) is 0 Å². The van der Waals surface area contributed by atoms with Crippen LogP contribution in [0.2, 0.25) is 5.02 Å². The molecule has 2 aromatic rings. The number of aromatic nitrogens is 1. The normalized spacial score (nSPS) is 20.6. The van der Waals surface area contributed by atoms with Gasteiger partial charge in [-0.1, -0.05) is 43.0 Å². The molecule has 2 fully saturated rings. The summed E-state index contributed by atoms with van der Waals surface area (Å²) in [7, 11) is 1.63. The van der Waals surface area contributed by atoms with Crippen molar-refractivity contribution in [3.8, 4) is 16.9 Å². The Hall–Kier alpha value is -2.07. The van der Waals surface area contributed by atoms with Crippen molar-refractivity contribution in [2.24, 2.45) is 5.92 Å². The van der Waals surface area contributed by atoms with Crippen LogP contribution in [0, 0.1) is 5.92 Å². The van der Waals surface area contributed by atoms with Gasteiger partial charge in [0.25, 0.3) is 0 Å². The molecule has 1 aliphatic carbocycles. The van der Waals surface area contributed by atoms with E-state index in [0.717, 1.165) is 41.8 Å². The van der Waals surface area contributed by atoms with Gasteiger partial charge in [-0.2, -0.15) is 0 Å². The zero-order valence-electron chi connectivity index (χ0n) is 16.4. The fraction of sp³-hybridized carbons (Fsp3) is 0.478. The van der Waals surface area contributed by atoms with Crippen LogP contribution < -0.4 is 4.74 Å². The molecule has 5 heteroatoms. The summed E-state index contributed by atoms with van der Waals surface area (Å²) in [4.78, 5) is 19.3. The summed E-state index contributed by atoms with van der Waals surface area (Å²) in [5, 5.41) is 0.712. The number of carbonyl (C=O) groups is 1. The van der Waals surface area contributed by atoms with Gasteiger partial charge in [-0.05, 0) is 48.9 Å². The highest BCUT2D eigenvalue weighted by Crippen LogP contribution is 2.33. The average Bonchev–Trinajstić information content (AvgIpc) is 3.10. The molecule has 0 bridgehead atoms. The number of pyridine rings is 1. The number of rotatable bonds is 5. The van der Waals surface area contributed by atoms with E-state index in [2.05, 4.69) is 16.0 Å². The quantitative estimate of drug-likeness (QED) is 0.700. The largest absolute Gasteiger partial charge is 0.495 e. The molecule has 1 aromatic heterocycles. The molecule has 0 radical (unpaired) electrons. The first-order valence-corrected chi connectivity index (χ1v) is 10.6. The van der Waals surface area contributed by atoms with E-state index < -0.39 is 0 Å². The number of halogens is 1. The first-order valence-electron chi connectivity index (χ1n) is 10.2. The molecule has 1 unspecified atom stereocenters. The lowest BCUT2D eigenvalue weighted by Gasteiger charge is -2.31. The molecule has 28 heavy (non-hydrogen) atoms. The Kier molecular flexibility index (Phi) is 5.86. The van der Waals surface area contributed by atoms with Crippen LogP contribution in [-0.2, 0) is 11.2 Å². The lowest BCUT2D eigenvalue weighted by molar-refractivity contribution is -0.133. The average molecular weight is 399 g/mol. The smallest absolute Gasteiger partial charge is 0.226 e. The van der Waals surface area contributed by atoms with Crippen LogP contribution in [0.25, 0.3) is 11.1 Å². The second-order valence-electron chi connectivity index (χ2n) is 7.93. The van der Waals surface area contributed by atoms with Gasteiger partial charge in [-0.15, -0.1) is 0 Å². The van der Waals surface area contributed by atoms with Crippen LogP contribution in [0.1, 0.15) is 44.1 Å². The highest BCUT2D eigenvalue weighted by molar-refractivity contribution is 6.31. The highest BCUT2D eigenvalue weighted by Gasteiger charge is 2.36. The van der Waals surface area contributed by atoms with E-state index in [1.165, 1.54) is 32.1 Å². The van der Waals surface area contributed by atoms with Gasteiger partial charge in [0, 0.05) is 35.3 Å². The maximum absolute atomic E-state index is 12.9. The van der Waals surface area contributed by atoms with Crippen LogP contribution in [0.15, 0.2) is 36.7 Å². The van der Waals surface area contributed by atoms with E-state index in [1.807, 2.05) is 18.2 Å². The summed E-state index contributed by atoms with van der Waals surface area (Å²) in [5.41, 5.74) is 3.01. The maximum atomic E-state index is 12.9. The highest BCUT2D eigenvalue weighted by atomic mass is 35.5. The first-order chi connectivity index (χ1) is 13.7. The minimum atomic E-state index is 0.0590. The molecule has 0 spiro atoms. The van der Waals surface area contributed by atoms with Crippen LogP contribution in [0.5, 0.6) is 5.75 Å². The third-order valence-corrected chi connectivity index (χ3v) is 6.52. The SMILES string of the molecule is COc1cncc(-c2ccc(CC3CCN(C4CCCCC4)C3=O)c(Cl)c2)c1. The van der Waals surface area contributed by atoms with Gasteiger partial charge in [-0.3, -0.25) is 9.78 Å². The number of ether oxygens (including phenoxy) is 1. The van der Waals surface area contributed by atoms with Crippen molar-refractivity contribution in [2.75, 3.05) is 13.7 Å². The minimum absolute atomic E-state index is 0.0590. The van der Waals surface area contributed by atoms with Crippen molar-refractivity contribution in [3.05, 3.63) is 47.2 Å². The number of hydrogen-bond acceptors (Lipinski definition) is 3. The number of amides is 1. The van der Waals surface area contributed by atoms with Crippen LogP contribution in [0.3, 0.4) is 0 Å². The summed E-state index contributed by atoms with van der Waals surface area (Å²) in [5.74, 6) is 1.10. The number of nitrogens with zero attached hydrogens (tertiary/aromatic N) is 2. The van der Waals surface area contributed by atoms with Crippen molar-refractivity contribution in [1.82, 2.24) is 9.88 Å². The molecule has 1 saturated carbocycles. The lowest BCUT2D eigenvalue weighted by atomic mass is 9.93. The Morgan fingerprint density at radius 2 is 1.93 bits per heavy atom. The summed E-state index contributed by atoms with van der Waals surface area (Å²) >= 11 is 6.59. The van der Waals surface area contributed by atoms with E-state index in [1.54, 1.807) is 19.5 Å². The fourth-order valence-electron chi connectivity index (χ4n) is 4.55. The standard InChI is InChI=1S/C23H27ClN2O2/c1-28-21-12-19(14-25-15-21)16-7-8-17(22(24)13-16)11-18-9-10-26(23(18)27)20-5-3-2-4-6-20/h7-8,12-15,18,20H,2-6,9-11H2,1H3. The van der Waals surface area contributed by atoms with Crippen molar-refractivity contribution < 1.29 is 9.53 Å². The minimum Gasteiger partial charge on any atom is -0.495 e. The lowest BCUT2D eigenvalue weighted by Crippen LogP contribution is -2.39.